The van der Waals surface area contributed by atoms with Crippen LogP contribution in [0.15, 0.2) is 0 Å². The second-order valence-corrected chi connectivity index (χ2v) is 5.07. The molecule has 2 aliphatic rings. The number of esters is 1. The topological polar surface area (TPSA) is 58.6 Å². The molecule has 0 aromatic heterocycles. The Bertz CT molecular complexity index is 313. The Labute approximate surface area is 108 Å². The Morgan fingerprint density at radius 3 is 2.61 bits per heavy atom. The maximum Gasteiger partial charge on any atom is 0.328 e. The number of hydrogen-bond donors (Lipinski definition) is 1. The molecule has 2 rings (SSSR count). The Hall–Kier alpha value is -1.10. The summed E-state index contributed by atoms with van der Waals surface area (Å²) in [6.07, 6.45) is 5.78. The van der Waals surface area contributed by atoms with Gasteiger partial charge in [0.1, 0.15) is 6.04 Å². The smallest absolute Gasteiger partial charge is 0.328 e. The average molecular weight is 254 g/mol. The van der Waals surface area contributed by atoms with Gasteiger partial charge in [-0.05, 0) is 38.6 Å². The number of carbonyl (C=O) groups is 2. The third-order valence-corrected chi connectivity index (χ3v) is 3.87. The molecule has 18 heavy (non-hydrogen) atoms. The lowest BCUT2D eigenvalue weighted by molar-refractivity contribution is -0.155. The number of hydrogen-bond acceptors (Lipinski definition) is 4. The molecule has 102 valence electrons. The van der Waals surface area contributed by atoms with Crippen LogP contribution in [0.4, 0.5) is 0 Å². The van der Waals surface area contributed by atoms with Gasteiger partial charge in [0.25, 0.3) is 0 Å². The third kappa shape index (κ3) is 2.83. The molecule has 0 aromatic carbocycles. The standard InChI is InChI=1S/C13H22N2O3/c1-18-13(17)11-7-3-5-9-15(11)12(16)10-6-2-4-8-14-10/h10-11,14H,2-9H2,1H3/t10-,11?/m0/s1. The normalized spacial score (nSPS) is 28.8. The van der Waals surface area contributed by atoms with Crippen molar-refractivity contribution in [3.63, 3.8) is 0 Å². The highest BCUT2D eigenvalue weighted by Crippen LogP contribution is 2.21. The highest BCUT2D eigenvalue weighted by atomic mass is 16.5. The second kappa shape index (κ2) is 6.18. The van der Waals surface area contributed by atoms with Gasteiger partial charge in [0.05, 0.1) is 13.2 Å². The van der Waals surface area contributed by atoms with Crippen LogP contribution < -0.4 is 5.32 Å². The summed E-state index contributed by atoms with van der Waals surface area (Å²) in [7, 11) is 1.39. The lowest BCUT2D eigenvalue weighted by Gasteiger charge is -2.37. The van der Waals surface area contributed by atoms with Crippen molar-refractivity contribution in [2.24, 2.45) is 0 Å². The number of amides is 1. The van der Waals surface area contributed by atoms with E-state index < -0.39 is 0 Å². The van der Waals surface area contributed by atoms with Crippen molar-refractivity contribution in [3.05, 3.63) is 0 Å². The van der Waals surface area contributed by atoms with E-state index in [1.807, 2.05) is 0 Å². The zero-order valence-corrected chi connectivity index (χ0v) is 11.0. The van der Waals surface area contributed by atoms with Crippen molar-refractivity contribution in [3.8, 4) is 0 Å². The van der Waals surface area contributed by atoms with Gasteiger partial charge in [-0.15, -0.1) is 0 Å². The highest BCUT2D eigenvalue weighted by Gasteiger charge is 2.36. The fourth-order valence-electron chi connectivity index (χ4n) is 2.84. The minimum absolute atomic E-state index is 0.0739. The van der Waals surface area contributed by atoms with Crippen LogP contribution in [0.1, 0.15) is 38.5 Å². The first kappa shape index (κ1) is 13.3. The average Bonchev–Trinajstić information content (AvgIpc) is 2.46. The fourth-order valence-corrected chi connectivity index (χ4v) is 2.84. The summed E-state index contributed by atoms with van der Waals surface area (Å²) in [5.41, 5.74) is 0. The molecule has 0 aromatic rings. The van der Waals surface area contributed by atoms with Gasteiger partial charge in [-0.1, -0.05) is 6.42 Å². The van der Waals surface area contributed by atoms with Crippen molar-refractivity contribution in [1.82, 2.24) is 10.2 Å². The number of likely N-dealkylation sites (tertiary alicyclic amines) is 1. The Morgan fingerprint density at radius 2 is 1.94 bits per heavy atom. The summed E-state index contributed by atoms with van der Waals surface area (Å²) >= 11 is 0. The molecule has 1 unspecified atom stereocenters. The molecule has 2 aliphatic heterocycles. The van der Waals surface area contributed by atoms with Crippen LogP contribution >= 0.6 is 0 Å². The van der Waals surface area contributed by atoms with Crippen molar-refractivity contribution in [1.29, 1.82) is 0 Å². The van der Waals surface area contributed by atoms with Gasteiger partial charge in [0, 0.05) is 6.54 Å². The third-order valence-electron chi connectivity index (χ3n) is 3.87. The van der Waals surface area contributed by atoms with Crippen molar-refractivity contribution < 1.29 is 14.3 Å². The lowest BCUT2D eigenvalue weighted by Crippen LogP contribution is -2.55. The minimum Gasteiger partial charge on any atom is -0.467 e. The molecule has 1 N–H and O–H groups in total. The van der Waals surface area contributed by atoms with Gasteiger partial charge in [-0.3, -0.25) is 4.79 Å². The number of piperidine rings is 2. The molecular formula is C13H22N2O3. The molecule has 2 saturated heterocycles. The summed E-state index contributed by atoms with van der Waals surface area (Å²) in [4.78, 5) is 25.9. The van der Waals surface area contributed by atoms with Crippen LogP contribution in [0.3, 0.4) is 0 Å². The van der Waals surface area contributed by atoms with E-state index in [0.29, 0.717) is 6.54 Å². The number of rotatable bonds is 2. The van der Waals surface area contributed by atoms with Gasteiger partial charge in [-0.25, -0.2) is 4.79 Å². The van der Waals surface area contributed by atoms with Gasteiger partial charge < -0.3 is 15.0 Å². The second-order valence-electron chi connectivity index (χ2n) is 5.07. The van der Waals surface area contributed by atoms with E-state index in [2.05, 4.69) is 5.32 Å². The van der Waals surface area contributed by atoms with Crippen LogP contribution in [0.5, 0.6) is 0 Å². The van der Waals surface area contributed by atoms with Gasteiger partial charge in [0.15, 0.2) is 0 Å². The first-order valence-corrected chi connectivity index (χ1v) is 6.85. The van der Waals surface area contributed by atoms with E-state index >= 15 is 0 Å². The van der Waals surface area contributed by atoms with E-state index in [-0.39, 0.29) is 24.0 Å². The van der Waals surface area contributed by atoms with E-state index in [4.69, 9.17) is 4.74 Å². The van der Waals surface area contributed by atoms with Crippen LogP contribution in [0.25, 0.3) is 0 Å². The molecule has 0 bridgehead atoms. The maximum absolute atomic E-state index is 12.4. The maximum atomic E-state index is 12.4. The molecule has 2 heterocycles. The molecular weight excluding hydrogens is 232 g/mol. The molecule has 0 spiro atoms. The fraction of sp³-hybridized carbons (Fsp3) is 0.846. The van der Waals surface area contributed by atoms with Crippen LogP contribution in [-0.2, 0) is 14.3 Å². The number of carbonyl (C=O) groups excluding carboxylic acids is 2. The molecule has 0 saturated carbocycles. The first-order chi connectivity index (χ1) is 8.74. The van der Waals surface area contributed by atoms with E-state index in [0.717, 1.165) is 45.1 Å². The zero-order chi connectivity index (χ0) is 13.0. The number of methoxy groups -OCH3 is 1. The van der Waals surface area contributed by atoms with Crippen molar-refractivity contribution in [2.45, 2.75) is 50.6 Å². The molecule has 2 fully saturated rings. The van der Waals surface area contributed by atoms with Gasteiger partial charge >= 0.3 is 5.97 Å². The largest absolute Gasteiger partial charge is 0.467 e. The number of nitrogens with zero attached hydrogens (tertiary/aromatic N) is 1. The van der Waals surface area contributed by atoms with E-state index in [1.54, 1.807) is 4.90 Å². The number of nitrogens with one attached hydrogen (secondary N) is 1. The molecule has 1 amide bonds. The van der Waals surface area contributed by atoms with Crippen LogP contribution in [0, 0.1) is 0 Å². The summed E-state index contributed by atoms with van der Waals surface area (Å²) < 4.78 is 4.80. The van der Waals surface area contributed by atoms with Gasteiger partial charge in [0.2, 0.25) is 5.91 Å². The monoisotopic (exact) mass is 254 g/mol. The lowest BCUT2D eigenvalue weighted by atomic mass is 9.98. The summed E-state index contributed by atoms with van der Waals surface area (Å²) in [5.74, 6) is -0.205. The molecule has 5 heteroatoms. The van der Waals surface area contributed by atoms with Crippen molar-refractivity contribution >= 4 is 11.9 Å². The van der Waals surface area contributed by atoms with Crippen LogP contribution in [0.2, 0.25) is 0 Å². The Balaban J connectivity index is 2.03. The predicted octanol–water partition coefficient (Wildman–Crippen LogP) is 0.683. The molecule has 0 radical (unpaired) electrons. The Morgan fingerprint density at radius 1 is 1.17 bits per heavy atom. The van der Waals surface area contributed by atoms with E-state index in [1.165, 1.54) is 7.11 Å². The summed E-state index contributed by atoms with van der Waals surface area (Å²) in [6.45, 7) is 1.57. The number of ether oxygens (including phenoxy) is 1. The summed E-state index contributed by atoms with van der Waals surface area (Å²) in [5, 5.41) is 3.25. The van der Waals surface area contributed by atoms with Gasteiger partial charge in [-0.2, -0.15) is 0 Å². The van der Waals surface area contributed by atoms with Crippen molar-refractivity contribution in [2.75, 3.05) is 20.2 Å². The first-order valence-electron chi connectivity index (χ1n) is 6.85. The zero-order valence-electron chi connectivity index (χ0n) is 11.0. The molecule has 0 aliphatic carbocycles. The predicted molar refractivity (Wildman–Crippen MR) is 67.0 cm³/mol. The quantitative estimate of drug-likeness (QED) is 0.736. The Kier molecular flexibility index (Phi) is 4.58. The minimum atomic E-state index is -0.375. The highest BCUT2D eigenvalue weighted by molar-refractivity contribution is 5.87. The van der Waals surface area contributed by atoms with Crippen LogP contribution in [-0.4, -0.2) is 49.1 Å². The molecule has 5 nitrogen and oxygen atoms in total. The molecule has 2 atom stereocenters. The summed E-state index contributed by atoms with van der Waals surface area (Å²) in [6, 6.07) is -0.482. The SMILES string of the molecule is COC(=O)C1CCCCN1C(=O)[C@@H]1CCCCN1. The van der Waals surface area contributed by atoms with E-state index in [9.17, 15) is 9.59 Å².